The first kappa shape index (κ1) is 20.8. The smallest absolute Gasteiger partial charge is 0.416 e. The summed E-state index contributed by atoms with van der Waals surface area (Å²) < 4.78 is 42.9. The Hall–Kier alpha value is -2.55. The van der Waals surface area contributed by atoms with Crippen LogP contribution in [0, 0.1) is 0 Å². The van der Waals surface area contributed by atoms with E-state index in [9.17, 15) is 18.0 Å². The van der Waals surface area contributed by atoms with Crippen LogP contribution in [0.4, 0.5) is 19.1 Å². The quantitative estimate of drug-likeness (QED) is 0.790. The predicted molar refractivity (Wildman–Crippen MR) is 95.4 cm³/mol. The van der Waals surface area contributed by atoms with Crippen LogP contribution in [0.25, 0.3) is 0 Å². The molecule has 1 aromatic carbocycles. The normalized spacial score (nSPS) is 14.5. The minimum absolute atomic E-state index is 0. The van der Waals surface area contributed by atoms with E-state index in [1.54, 1.807) is 17.2 Å². The van der Waals surface area contributed by atoms with E-state index in [0.29, 0.717) is 38.0 Å². The van der Waals surface area contributed by atoms with E-state index in [0.717, 1.165) is 12.1 Å². The van der Waals surface area contributed by atoms with Crippen molar-refractivity contribution in [3.8, 4) is 5.88 Å². The average molecular weight is 403 g/mol. The van der Waals surface area contributed by atoms with Crippen molar-refractivity contribution in [2.75, 3.05) is 38.2 Å². The number of anilines is 1. The second kappa shape index (κ2) is 8.43. The van der Waals surface area contributed by atoms with Crippen LogP contribution in [-0.2, 0) is 6.18 Å². The Kier molecular flexibility index (Phi) is 6.48. The molecule has 2 heterocycles. The van der Waals surface area contributed by atoms with Crippen LogP contribution in [0.2, 0.25) is 0 Å². The fourth-order valence-electron chi connectivity index (χ4n) is 2.69. The van der Waals surface area contributed by atoms with Crippen LogP contribution in [0.1, 0.15) is 15.9 Å². The van der Waals surface area contributed by atoms with Crippen molar-refractivity contribution in [3.63, 3.8) is 0 Å². The minimum Gasteiger partial charge on any atom is -0.481 e. The largest absolute Gasteiger partial charge is 0.481 e. The van der Waals surface area contributed by atoms with Crippen molar-refractivity contribution in [1.29, 1.82) is 0 Å². The highest BCUT2D eigenvalue weighted by Gasteiger charge is 2.31. The highest BCUT2D eigenvalue weighted by Crippen LogP contribution is 2.29. The van der Waals surface area contributed by atoms with Crippen LogP contribution in [0.5, 0.6) is 5.88 Å². The van der Waals surface area contributed by atoms with E-state index in [1.807, 2.05) is 4.90 Å². The van der Waals surface area contributed by atoms with Crippen molar-refractivity contribution in [3.05, 3.63) is 47.7 Å². The molecule has 1 aromatic heterocycles. The summed E-state index contributed by atoms with van der Waals surface area (Å²) in [5.74, 6) is 0.689. The van der Waals surface area contributed by atoms with E-state index >= 15 is 0 Å². The number of hydrogen-bond donors (Lipinski definition) is 0. The molecule has 0 radical (unpaired) electrons. The van der Waals surface area contributed by atoms with Crippen LogP contribution < -0.4 is 9.64 Å². The number of nitrogens with zero attached hydrogens (tertiary/aromatic N) is 4. The number of hydrogen-bond acceptors (Lipinski definition) is 5. The van der Waals surface area contributed by atoms with Crippen LogP contribution in [0.15, 0.2) is 36.5 Å². The number of amides is 1. The molecule has 0 N–H and O–H groups in total. The summed E-state index contributed by atoms with van der Waals surface area (Å²) in [5.41, 5.74) is -0.530. The van der Waals surface area contributed by atoms with Gasteiger partial charge in [0.1, 0.15) is 0 Å². The van der Waals surface area contributed by atoms with Gasteiger partial charge in [0.05, 0.1) is 12.7 Å². The van der Waals surface area contributed by atoms with E-state index in [-0.39, 0.29) is 23.9 Å². The van der Waals surface area contributed by atoms with Gasteiger partial charge in [0, 0.05) is 44.0 Å². The fourth-order valence-corrected chi connectivity index (χ4v) is 2.69. The Labute approximate surface area is 160 Å². The lowest BCUT2D eigenvalue weighted by Gasteiger charge is -2.34. The van der Waals surface area contributed by atoms with Gasteiger partial charge in [0.15, 0.2) is 0 Å². The van der Waals surface area contributed by atoms with Gasteiger partial charge in [-0.15, -0.1) is 12.4 Å². The highest BCUT2D eigenvalue weighted by atomic mass is 35.5. The van der Waals surface area contributed by atoms with Gasteiger partial charge in [0.25, 0.3) is 5.91 Å². The van der Waals surface area contributed by atoms with Gasteiger partial charge in [-0.2, -0.15) is 18.2 Å². The van der Waals surface area contributed by atoms with Crippen molar-refractivity contribution < 1.29 is 22.7 Å². The Morgan fingerprint density at radius 1 is 1.07 bits per heavy atom. The Morgan fingerprint density at radius 3 is 2.26 bits per heavy atom. The molecular formula is C17H18ClF3N4O2. The number of methoxy groups -OCH3 is 1. The molecule has 1 aliphatic rings. The molecule has 10 heteroatoms. The van der Waals surface area contributed by atoms with Gasteiger partial charge < -0.3 is 14.5 Å². The molecule has 0 spiro atoms. The van der Waals surface area contributed by atoms with Crippen molar-refractivity contribution >= 4 is 24.3 Å². The summed E-state index contributed by atoms with van der Waals surface area (Å²) in [4.78, 5) is 24.5. The third-order valence-corrected chi connectivity index (χ3v) is 4.14. The van der Waals surface area contributed by atoms with E-state index in [4.69, 9.17) is 4.74 Å². The predicted octanol–water partition coefficient (Wildman–Crippen LogP) is 2.89. The molecular weight excluding hydrogens is 385 g/mol. The molecule has 0 bridgehead atoms. The van der Waals surface area contributed by atoms with Gasteiger partial charge in [0.2, 0.25) is 11.8 Å². The zero-order valence-electron chi connectivity index (χ0n) is 14.4. The number of aromatic nitrogens is 2. The number of alkyl halides is 3. The minimum atomic E-state index is -4.41. The maximum absolute atomic E-state index is 12.6. The molecule has 1 aliphatic heterocycles. The zero-order chi connectivity index (χ0) is 18.7. The SMILES string of the molecule is COc1ccnc(N2CCN(C(=O)c3ccc(C(F)(F)F)cc3)CC2)n1.Cl. The van der Waals surface area contributed by atoms with Gasteiger partial charge in [-0.05, 0) is 24.3 Å². The van der Waals surface area contributed by atoms with Crippen molar-refractivity contribution in [2.24, 2.45) is 0 Å². The number of piperazine rings is 1. The van der Waals surface area contributed by atoms with E-state index in [2.05, 4.69) is 9.97 Å². The number of halogens is 4. The third-order valence-electron chi connectivity index (χ3n) is 4.14. The average Bonchev–Trinajstić information content (AvgIpc) is 2.67. The molecule has 0 atom stereocenters. The molecule has 0 unspecified atom stereocenters. The summed E-state index contributed by atoms with van der Waals surface area (Å²) in [6.45, 7) is 1.92. The molecule has 0 saturated carbocycles. The van der Waals surface area contributed by atoms with Crippen LogP contribution in [-0.4, -0.2) is 54.1 Å². The molecule has 1 amide bonds. The lowest BCUT2D eigenvalue weighted by atomic mass is 10.1. The topological polar surface area (TPSA) is 58.6 Å². The van der Waals surface area contributed by atoms with Gasteiger partial charge in [-0.25, -0.2) is 4.98 Å². The summed E-state index contributed by atoms with van der Waals surface area (Å²) in [5, 5.41) is 0. The zero-order valence-corrected chi connectivity index (χ0v) is 15.3. The highest BCUT2D eigenvalue weighted by molar-refractivity contribution is 5.94. The molecule has 2 aromatic rings. The lowest BCUT2D eigenvalue weighted by Crippen LogP contribution is -2.49. The van der Waals surface area contributed by atoms with Gasteiger partial charge >= 0.3 is 6.18 Å². The Balaban J connectivity index is 0.00000261. The molecule has 1 saturated heterocycles. The summed E-state index contributed by atoms with van der Waals surface area (Å²) in [6.07, 6.45) is -2.81. The number of rotatable bonds is 3. The third kappa shape index (κ3) is 4.79. The van der Waals surface area contributed by atoms with Gasteiger partial charge in [-0.1, -0.05) is 0 Å². The molecule has 3 rings (SSSR count). The maximum atomic E-state index is 12.6. The monoisotopic (exact) mass is 402 g/mol. The number of carbonyl (C=O) groups excluding carboxylic acids is 1. The molecule has 146 valence electrons. The number of ether oxygens (including phenoxy) is 1. The lowest BCUT2D eigenvalue weighted by molar-refractivity contribution is -0.137. The van der Waals surface area contributed by atoms with Gasteiger partial charge in [-0.3, -0.25) is 4.79 Å². The summed E-state index contributed by atoms with van der Waals surface area (Å²) in [6, 6.07) is 5.92. The number of carbonyl (C=O) groups is 1. The summed E-state index contributed by atoms with van der Waals surface area (Å²) in [7, 11) is 1.52. The van der Waals surface area contributed by atoms with E-state index in [1.165, 1.54) is 19.2 Å². The van der Waals surface area contributed by atoms with Crippen LogP contribution in [0.3, 0.4) is 0 Å². The molecule has 1 fully saturated rings. The summed E-state index contributed by atoms with van der Waals surface area (Å²) >= 11 is 0. The first-order valence-corrected chi connectivity index (χ1v) is 7.97. The second-order valence-corrected chi connectivity index (χ2v) is 5.75. The molecule has 27 heavy (non-hydrogen) atoms. The first-order valence-electron chi connectivity index (χ1n) is 7.97. The fraction of sp³-hybridized carbons (Fsp3) is 0.353. The van der Waals surface area contributed by atoms with Crippen molar-refractivity contribution in [1.82, 2.24) is 14.9 Å². The Morgan fingerprint density at radius 2 is 1.70 bits per heavy atom. The maximum Gasteiger partial charge on any atom is 0.416 e. The molecule has 6 nitrogen and oxygen atoms in total. The second-order valence-electron chi connectivity index (χ2n) is 5.75. The van der Waals surface area contributed by atoms with Crippen molar-refractivity contribution in [2.45, 2.75) is 6.18 Å². The molecule has 0 aliphatic carbocycles. The first-order chi connectivity index (χ1) is 12.4. The standard InChI is InChI=1S/C17H17F3N4O2.ClH/c1-26-14-6-7-21-16(22-14)24-10-8-23(9-11-24)15(25)12-2-4-13(5-3-12)17(18,19)20;/h2-7H,8-11H2,1H3;1H. The Bertz CT molecular complexity index is 778. The number of benzene rings is 1. The van der Waals surface area contributed by atoms with E-state index < -0.39 is 11.7 Å². The van der Waals surface area contributed by atoms with Crippen LogP contribution >= 0.6 is 12.4 Å².